The molecule has 0 aliphatic carbocycles. The fourth-order valence-corrected chi connectivity index (χ4v) is 2.20. The number of pyridine rings is 1. The second-order valence-corrected chi connectivity index (χ2v) is 5.36. The normalized spacial score (nSPS) is 10.8. The largest absolute Gasteiger partial charge is 0.489 e. The van der Waals surface area contributed by atoms with Crippen molar-refractivity contribution in [2.75, 3.05) is 6.61 Å². The Kier molecular flexibility index (Phi) is 3.94. The number of nitrogens with zero attached hydrogens (tertiary/aromatic N) is 2. The van der Waals surface area contributed by atoms with Crippen LogP contribution in [0.25, 0.3) is 16.9 Å². The standard InChI is InChI=1S/C18H18N2O2/c1-13(2)12-22-16-6-4-15(5-7-16)17-10-20-9-14(11-21)3-8-18(20)19-17/h3-10,21H,1,11-12H2,2H3. The molecule has 22 heavy (non-hydrogen) atoms. The second kappa shape index (κ2) is 6.03. The molecule has 1 N–H and O–H groups in total. The Morgan fingerprint density at radius 2 is 1.95 bits per heavy atom. The number of fused-ring (bicyclic) bond motifs is 1. The van der Waals surface area contributed by atoms with E-state index >= 15 is 0 Å². The Hall–Kier alpha value is -2.59. The average Bonchev–Trinajstić information content (AvgIpc) is 2.96. The van der Waals surface area contributed by atoms with Crippen LogP contribution in [0.3, 0.4) is 0 Å². The number of aliphatic hydroxyl groups excluding tert-OH is 1. The zero-order valence-corrected chi connectivity index (χ0v) is 12.5. The maximum Gasteiger partial charge on any atom is 0.137 e. The summed E-state index contributed by atoms with van der Waals surface area (Å²) in [6.45, 7) is 6.31. The van der Waals surface area contributed by atoms with Crippen LogP contribution in [0.5, 0.6) is 5.75 Å². The van der Waals surface area contributed by atoms with Crippen molar-refractivity contribution in [2.24, 2.45) is 0 Å². The van der Waals surface area contributed by atoms with Crippen LogP contribution in [0, 0.1) is 0 Å². The van der Waals surface area contributed by atoms with Crippen molar-refractivity contribution in [3.8, 4) is 17.0 Å². The van der Waals surface area contributed by atoms with Gasteiger partial charge in [-0.05, 0) is 48.4 Å². The first-order chi connectivity index (χ1) is 10.7. The molecule has 0 fully saturated rings. The highest BCUT2D eigenvalue weighted by molar-refractivity contribution is 5.63. The van der Waals surface area contributed by atoms with Crippen LogP contribution in [0.15, 0.2) is 60.9 Å². The average molecular weight is 294 g/mol. The molecule has 1 aromatic carbocycles. The number of aromatic nitrogens is 2. The van der Waals surface area contributed by atoms with Crippen LogP contribution < -0.4 is 4.74 Å². The van der Waals surface area contributed by atoms with Crippen molar-refractivity contribution in [1.29, 1.82) is 0 Å². The number of ether oxygens (including phenoxy) is 1. The molecule has 3 aromatic rings. The molecule has 0 aliphatic rings. The van der Waals surface area contributed by atoms with Gasteiger partial charge in [0.1, 0.15) is 18.0 Å². The van der Waals surface area contributed by atoms with Crippen molar-refractivity contribution < 1.29 is 9.84 Å². The minimum absolute atomic E-state index is 0.0260. The molecule has 2 heterocycles. The summed E-state index contributed by atoms with van der Waals surface area (Å²) in [4.78, 5) is 4.59. The van der Waals surface area contributed by atoms with Gasteiger partial charge < -0.3 is 14.2 Å². The maximum atomic E-state index is 9.19. The fourth-order valence-electron chi connectivity index (χ4n) is 2.20. The highest BCUT2D eigenvalue weighted by Gasteiger charge is 2.05. The van der Waals surface area contributed by atoms with E-state index in [4.69, 9.17) is 4.74 Å². The fraction of sp³-hybridized carbons (Fsp3) is 0.167. The summed E-state index contributed by atoms with van der Waals surface area (Å²) < 4.78 is 7.52. The monoisotopic (exact) mass is 294 g/mol. The summed E-state index contributed by atoms with van der Waals surface area (Å²) in [5.74, 6) is 0.818. The molecule has 2 aromatic heterocycles. The molecule has 0 atom stereocenters. The number of rotatable bonds is 5. The molecule has 0 aliphatic heterocycles. The van der Waals surface area contributed by atoms with E-state index in [0.717, 1.165) is 33.8 Å². The Morgan fingerprint density at radius 1 is 1.18 bits per heavy atom. The molecule has 4 nitrogen and oxygen atoms in total. The molecule has 0 spiro atoms. The van der Waals surface area contributed by atoms with Crippen LogP contribution >= 0.6 is 0 Å². The minimum atomic E-state index is 0.0260. The molecule has 0 radical (unpaired) electrons. The lowest BCUT2D eigenvalue weighted by molar-refractivity contribution is 0.281. The smallest absolute Gasteiger partial charge is 0.137 e. The molecule has 0 amide bonds. The van der Waals surface area contributed by atoms with E-state index in [2.05, 4.69) is 11.6 Å². The number of imidazole rings is 1. The van der Waals surface area contributed by atoms with Gasteiger partial charge in [0.15, 0.2) is 0 Å². The molecule has 4 heteroatoms. The van der Waals surface area contributed by atoms with E-state index in [1.807, 2.05) is 60.1 Å². The number of hydrogen-bond acceptors (Lipinski definition) is 3. The Balaban J connectivity index is 1.85. The summed E-state index contributed by atoms with van der Waals surface area (Å²) in [5.41, 5.74) is 4.62. The zero-order chi connectivity index (χ0) is 15.5. The minimum Gasteiger partial charge on any atom is -0.489 e. The van der Waals surface area contributed by atoms with E-state index in [1.54, 1.807) is 0 Å². The highest BCUT2D eigenvalue weighted by atomic mass is 16.5. The van der Waals surface area contributed by atoms with Gasteiger partial charge in [0, 0.05) is 18.0 Å². The number of benzene rings is 1. The quantitative estimate of drug-likeness (QED) is 0.733. The predicted octanol–water partition coefficient (Wildman–Crippen LogP) is 3.45. The van der Waals surface area contributed by atoms with Gasteiger partial charge >= 0.3 is 0 Å². The lowest BCUT2D eigenvalue weighted by atomic mass is 10.1. The molecule has 112 valence electrons. The zero-order valence-electron chi connectivity index (χ0n) is 12.5. The Bertz CT molecular complexity index is 804. The van der Waals surface area contributed by atoms with Crippen LogP contribution in [-0.4, -0.2) is 21.1 Å². The lowest BCUT2D eigenvalue weighted by Crippen LogP contribution is -1.97. The van der Waals surface area contributed by atoms with E-state index in [9.17, 15) is 5.11 Å². The van der Waals surface area contributed by atoms with Gasteiger partial charge in [-0.2, -0.15) is 0 Å². The van der Waals surface area contributed by atoms with E-state index in [0.29, 0.717) is 6.61 Å². The van der Waals surface area contributed by atoms with Gasteiger partial charge in [-0.25, -0.2) is 4.98 Å². The number of hydrogen-bond donors (Lipinski definition) is 1. The molecule has 0 unspecified atom stereocenters. The molecular formula is C18H18N2O2. The van der Waals surface area contributed by atoms with Crippen LogP contribution in [0.2, 0.25) is 0 Å². The van der Waals surface area contributed by atoms with Gasteiger partial charge in [0.05, 0.1) is 12.3 Å². The SMILES string of the molecule is C=C(C)COc1ccc(-c2cn3cc(CO)ccc3n2)cc1. The van der Waals surface area contributed by atoms with Crippen molar-refractivity contribution in [1.82, 2.24) is 9.38 Å². The molecule has 3 rings (SSSR count). The van der Waals surface area contributed by atoms with Crippen LogP contribution in [-0.2, 0) is 6.61 Å². The highest BCUT2D eigenvalue weighted by Crippen LogP contribution is 2.22. The summed E-state index contributed by atoms with van der Waals surface area (Å²) in [5, 5.41) is 9.19. The van der Waals surface area contributed by atoms with Crippen molar-refractivity contribution in [3.05, 3.63) is 66.5 Å². The predicted molar refractivity (Wildman–Crippen MR) is 86.9 cm³/mol. The Labute approximate surface area is 129 Å². The number of aliphatic hydroxyl groups is 1. The summed E-state index contributed by atoms with van der Waals surface area (Å²) in [7, 11) is 0. The Morgan fingerprint density at radius 3 is 2.64 bits per heavy atom. The molecular weight excluding hydrogens is 276 g/mol. The third-order valence-corrected chi connectivity index (χ3v) is 3.33. The van der Waals surface area contributed by atoms with E-state index in [1.165, 1.54) is 0 Å². The van der Waals surface area contributed by atoms with Crippen molar-refractivity contribution >= 4 is 5.65 Å². The first kappa shape index (κ1) is 14.4. The van der Waals surface area contributed by atoms with E-state index in [-0.39, 0.29) is 6.61 Å². The molecule has 0 saturated carbocycles. The van der Waals surface area contributed by atoms with Gasteiger partial charge in [-0.1, -0.05) is 12.6 Å². The second-order valence-electron chi connectivity index (χ2n) is 5.36. The summed E-state index contributed by atoms with van der Waals surface area (Å²) >= 11 is 0. The summed E-state index contributed by atoms with van der Waals surface area (Å²) in [6, 6.07) is 11.6. The van der Waals surface area contributed by atoms with Gasteiger partial charge in [-0.3, -0.25) is 0 Å². The summed E-state index contributed by atoms with van der Waals surface area (Å²) in [6.07, 6.45) is 3.84. The first-order valence-corrected chi connectivity index (χ1v) is 7.12. The van der Waals surface area contributed by atoms with Crippen LogP contribution in [0.1, 0.15) is 12.5 Å². The van der Waals surface area contributed by atoms with Gasteiger partial charge in [-0.15, -0.1) is 0 Å². The third kappa shape index (κ3) is 3.02. The molecule has 0 bridgehead atoms. The van der Waals surface area contributed by atoms with Crippen molar-refractivity contribution in [2.45, 2.75) is 13.5 Å². The molecule has 0 saturated heterocycles. The third-order valence-electron chi connectivity index (χ3n) is 3.33. The van der Waals surface area contributed by atoms with Crippen LogP contribution in [0.4, 0.5) is 0 Å². The first-order valence-electron chi connectivity index (χ1n) is 7.12. The maximum absolute atomic E-state index is 9.19. The topological polar surface area (TPSA) is 46.8 Å². The van der Waals surface area contributed by atoms with E-state index < -0.39 is 0 Å². The van der Waals surface area contributed by atoms with Crippen molar-refractivity contribution in [3.63, 3.8) is 0 Å². The van der Waals surface area contributed by atoms with Gasteiger partial charge in [0.2, 0.25) is 0 Å². The lowest BCUT2D eigenvalue weighted by Gasteiger charge is -2.05. The van der Waals surface area contributed by atoms with Gasteiger partial charge in [0.25, 0.3) is 0 Å².